The van der Waals surface area contributed by atoms with Crippen molar-refractivity contribution in [1.29, 1.82) is 0 Å². The van der Waals surface area contributed by atoms with Crippen LogP contribution in [0.3, 0.4) is 0 Å². The van der Waals surface area contributed by atoms with Gasteiger partial charge in [0, 0.05) is 5.56 Å². The summed E-state index contributed by atoms with van der Waals surface area (Å²) in [5.74, 6) is 0.654. The molecule has 0 spiro atoms. The van der Waals surface area contributed by atoms with Crippen LogP contribution in [0.2, 0.25) is 0 Å². The van der Waals surface area contributed by atoms with Gasteiger partial charge < -0.3 is 20.1 Å². The molecule has 0 aliphatic rings. The Hall–Kier alpha value is -3.02. The van der Waals surface area contributed by atoms with Gasteiger partial charge in [0.25, 0.3) is 5.91 Å². The second kappa shape index (κ2) is 9.96. The summed E-state index contributed by atoms with van der Waals surface area (Å²) < 4.78 is 10.6. The smallest absolute Gasteiger partial charge is 0.251 e. The van der Waals surface area contributed by atoms with Crippen LogP contribution in [0.1, 0.15) is 48.3 Å². The summed E-state index contributed by atoms with van der Waals surface area (Å²) in [4.78, 5) is 25.4. The summed E-state index contributed by atoms with van der Waals surface area (Å²) in [6.07, 6.45) is 0. The van der Waals surface area contributed by atoms with Crippen LogP contribution in [0.5, 0.6) is 11.5 Å². The third-order valence-corrected chi connectivity index (χ3v) is 4.82. The third-order valence-electron chi connectivity index (χ3n) is 4.82. The van der Waals surface area contributed by atoms with Gasteiger partial charge in [-0.15, -0.1) is 0 Å². The molecule has 0 aliphatic carbocycles. The van der Waals surface area contributed by atoms with Gasteiger partial charge in [0.2, 0.25) is 5.91 Å². The molecule has 2 rings (SSSR count). The quantitative estimate of drug-likeness (QED) is 0.712. The Morgan fingerprint density at radius 2 is 1.48 bits per heavy atom. The van der Waals surface area contributed by atoms with Crippen LogP contribution in [0.15, 0.2) is 42.5 Å². The molecule has 2 atom stereocenters. The highest BCUT2D eigenvalue weighted by atomic mass is 16.5. The van der Waals surface area contributed by atoms with Crippen LogP contribution in [-0.4, -0.2) is 32.1 Å². The van der Waals surface area contributed by atoms with E-state index in [1.54, 1.807) is 32.4 Å². The molecule has 0 radical (unpaired) electrons. The number of amides is 2. The van der Waals surface area contributed by atoms with Gasteiger partial charge in [0.15, 0.2) is 11.5 Å². The Bertz CT molecular complexity index is 846. The third kappa shape index (κ3) is 5.73. The van der Waals surface area contributed by atoms with Gasteiger partial charge >= 0.3 is 0 Å². The van der Waals surface area contributed by atoms with E-state index in [9.17, 15) is 9.59 Å². The second-order valence-electron chi connectivity index (χ2n) is 7.41. The molecule has 6 heteroatoms. The number of hydrogen-bond donors (Lipinski definition) is 2. The van der Waals surface area contributed by atoms with Crippen LogP contribution in [0, 0.1) is 12.8 Å². The van der Waals surface area contributed by atoms with Crippen molar-refractivity contribution in [2.24, 2.45) is 5.92 Å². The Balaban J connectivity index is 2.10. The number of aryl methyl sites for hydroxylation is 1. The summed E-state index contributed by atoms with van der Waals surface area (Å²) in [5.41, 5.74) is 2.48. The summed E-state index contributed by atoms with van der Waals surface area (Å²) in [6.45, 7) is 7.65. The van der Waals surface area contributed by atoms with Crippen molar-refractivity contribution in [1.82, 2.24) is 10.6 Å². The van der Waals surface area contributed by atoms with Gasteiger partial charge in [-0.25, -0.2) is 0 Å². The van der Waals surface area contributed by atoms with Gasteiger partial charge in [0.05, 0.1) is 20.3 Å². The lowest BCUT2D eigenvalue weighted by molar-refractivity contribution is -0.124. The zero-order valence-electron chi connectivity index (χ0n) is 17.9. The number of ether oxygens (including phenoxy) is 2. The first kappa shape index (κ1) is 22.3. The normalized spacial score (nSPS) is 12.8. The lowest BCUT2D eigenvalue weighted by atomic mass is 10.0. The number of benzene rings is 2. The zero-order valence-corrected chi connectivity index (χ0v) is 17.9. The van der Waals surface area contributed by atoms with Crippen LogP contribution in [-0.2, 0) is 4.79 Å². The van der Waals surface area contributed by atoms with Crippen molar-refractivity contribution < 1.29 is 19.1 Å². The van der Waals surface area contributed by atoms with E-state index in [0.29, 0.717) is 17.1 Å². The summed E-state index contributed by atoms with van der Waals surface area (Å²) in [6, 6.07) is 11.9. The maximum absolute atomic E-state index is 12.9. The molecule has 6 nitrogen and oxygen atoms in total. The molecule has 2 unspecified atom stereocenters. The number of carbonyl (C=O) groups is 2. The van der Waals surface area contributed by atoms with Crippen molar-refractivity contribution in [3.8, 4) is 11.5 Å². The van der Waals surface area contributed by atoms with Crippen molar-refractivity contribution in [2.75, 3.05) is 14.2 Å². The van der Waals surface area contributed by atoms with Crippen molar-refractivity contribution in [3.63, 3.8) is 0 Å². The summed E-state index contributed by atoms with van der Waals surface area (Å²) >= 11 is 0. The van der Waals surface area contributed by atoms with Crippen molar-refractivity contribution >= 4 is 11.8 Å². The molecule has 0 aliphatic heterocycles. The number of hydrogen-bond acceptors (Lipinski definition) is 4. The lowest BCUT2D eigenvalue weighted by Crippen LogP contribution is -2.50. The van der Waals surface area contributed by atoms with E-state index in [2.05, 4.69) is 10.6 Å². The maximum Gasteiger partial charge on any atom is 0.251 e. The van der Waals surface area contributed by atoms with Crippen molar-refractivity contribution in [2.45, 2.75) is 39.8 Å². The monoisotopic (exact) mass is 398 g/mol. The van der Waals surface area contributed by atoms with E-state index in [0.717, 1.165) is 11.1 Å². The molecule has 0 fully saturated rings. The van der Waals surface area contributed by atoms with E-state index in [1.165, 1.54) is 0 Å². The average molecular weight is 399 g/mol. The van der Waals surface area contributed by atoms with Crippen molar-refractivity contribution in [3.05, 3.63) is 59.2 Å². The zero-order chi connectivity index (χ0) is 21.6. The molecule has 2 amide bonds. The topological polar surface area (TPSA) is 76.7 Å². The first-order chi connectivity index (χ1) is 13.8. The van der Waals surface area contributed by atoms with Gasteiger partial charge in [-0.05, 0) is 49.6 Å². The van der Waals surface area contributed by atoms with E-state index in [1.807, 2.05) is 52.0 Å². The number of methoxy groups -OCH3 is 2. The fraction of sp³-hybridized carbons (Fsp3) is 0.391. The molecule has 0 heterocycles. The van der Waals surface area contributed by atoms with Crippen LogP contribution in [0.4, 0.5) is 0 Å². The van der Waals surface area contributed by atoms with E-state index in [4.69, 9.17) is 9.47 Å². The lowest BCUT2D eigenvalue weighted by Gasteiger charge is -2.24. The van der Waals surface area contributed by atoms with Gasteiger partial charge in [-0.3, -0.25) is 9.59 Å². The minimum absolute atomic E-state index is 0.0676. The molecule has 2 aromatic carbocycles. The molecule has 156 valence electrons. The summed E-state index contributed by atoms with van der Waals surface area (Å²) in [7, 11) is 3.15. The maximum atomic E-state index is 12.9. The molecule has 29 heavy (non-hydrogen) atoms. The summed E-state index contributed by atoms with van der Waals surface area (Å²) in [5, 5.41) is 5.84. The Morgan fingerprint density at radius 3 is 2.03 bits per heavy atom. The molecule has 0 bridgehead atoms. The number of nitrogens with one attached hydrogen (secondary N) is 2. The Morgan fingerprint density at radius 1 is 0.862 bits per heavy atom. The highest BCUT2D eigenvalue weighted by Gasteiger charge is 2.26. The molecule has 0 aromatic heterocycles. The minimum Gasteiger partial charge on any atom is -0.493 e. The Kier molecular flexibility index (Phi) is 7.65. The molecule has 0 saturated carbocycles. The largest absolute Gasteiger partial charge is 0.493 e. The van der Waals surface area contributed by atoms with Gasteiger partial charge in [0.1, 0.15) is 6.04 Å². The van der Waals surface area contributed by atoms with Gasteiger partial charge in [-0.2, -0.15) is 0 Å². The molecular weight excluding hydrogens is 368 g/mol. The van der Waals surface area contributed by atoms with E-state index < -0.39 is 6.04 Å². The molecule has 2 N–H and O–H groups in total. The minimum atomic E-state index is -0.647. The fourth-order valence-electron chi connectivity index (χ4n) is 2.97. The number of carbonyl (C=O) groups excluding carboxylic acids is 2. The van der Waals surface area contributed by atoms with Crippen LogP contribution in [0.25, 0.3) is 0 Å². The highest BCUT2D eigenvalue weighted by molar-refractivity contribution is 5.97. The molecular formula is C23H30N2O4. The fourth-order valence-corrected chi connectivity index (χ4v) is 2.97. The Labute approximate surface area is 172 Å². The second-order valence-corrected chi connectivity index (χ2v) is 7.41. The average Bonchev–Trinajstić information content (AvgIpc) is 2.71. The van der Waals surface area contributed by atoms with Gasteiger partial charge in [-0.1, -0.05) is 37.6 Å². The SMILES string of the molecule is COc1ccc(C(C)NC(=O)C(NC(=O)c2ccc(C)cc2)C(C)C)cc1OC. The standard InChI is InChI=1S/C23H30N2O4/c1-14(2)21(25-22(26)17-9-7-15(3)8-10-17)23(27)24-16(4)18-11-12-19(28-5)20(13-18)29-6/h7-14,16,21H,1-6H3,(H,24,27)(H,25,26). The van der Waals surface area contributed by atoms with Crippen LogP contribution >= 0.6 is 0 Å². The first-order valence-electron chi connectivity index (χ1n) is 9.66. The number of rotatable bonds is 8. The van der Waals surface area contributed by atoms with E-state index >= 15 is 0 Å². The predicted molar refractivity (Wildman–Crippen MR) is 113 cm³/mol. The van der Waals surface area contributed by atoms with E-state index in [-0.39, 0.29) is 23.8 Å². The molecule has 0 saturated heterocycles. The first-order valence-corrected chi connectivity index (χ1v) is 9.66. The highest BCUT2D eigenvalue weighted by Crippen LogP contribution is 2.29. The van der Waals surface area contributed by atoms with Crippen LogP contribution < -0.4 is 20.1 Å². The predicted octanol–water partition coefficient (Wildman–Crippen LogP) is 3.64. The molecule has 2 aromatic rings.